The van der Waals surface area contributed by atoms with E-state index in [9.17, 15) is 0 Å². The molecule has 0 spiro atoms. The molecule has 2 aromatic heterocycles. The number of pyridine rings is 1. The number of anilines is 2. The Labute approximate surface area is 112 Å². The molecule has 3 aromatic rings. The maximum absolute atomic E-state index is 4.45. The zero-order valence-electron chi connectivity index (χ0n) is 11.3. The third-order valence-corrected chi connectivity index (χ3v) is 3.40. The van der Waals surface area contributed by atoms with E-state index in [-0.39, 0.29) is 0 Å². The highest BCUT2D eigenvalue weighted by molar-refractivity contribution is 5.92. The average molecular weight is 252 g/mol. The predicted molar refractivity (Wildman–Crippen MR) is 77.7 cm³/mol. The lowest BCUT2D eigenvalue weighted by Gasteiger charge is -2.09. The second kappa shape index (κ2) is 4.39. The van der Waals surface area contributed by atoms with Crippen LogP contribution in [-0.2, 0) is 7.05 Å². The molecule has 3 rings (SSSR count). The predicted octanol–water partition coefficient (Wildman–Crippen LogP) is 3.33. The molecule has 0 aliphatic heterocycles. The number of nitrogens with zero attached hydrogens (tertiary/aromatic N) is 3. The van der Waals surface area contributed by atoms with Gasteiger partial charge in [0.2, 0.25) is 0 Å². The molecule has 96 valence electrons. The molecule has 4 heteroatoms. The van der Waals surface area contributed by atoms with Gasteiger partial charge in [-0.3, -0.25) is 9.67 Å². The van der Waals surface area contributed by atoms with E-state index in [0.717, 1.165) is 33.7 Å². The first-order valence-electron chi connectivity index (χ1n) is 6.28. The van der Waals surface area contributed by atoms with Crippen LogP contribution in [0.25, 0.3) is 10.9 Å². The van der Waals surface area contributed by atoms with Crippen molar-refractivity contribution in [2.45, 2.75) is 13.8 Å². The fraction of sp³-hybridized carbons (Fsp3) is 0.200. The minimum atomic E-state index is 0.979. The van der Waals surface area contributed by atoms with E-state index in [4.69, 9.17) is 0 Å². The van der Waals surface area contributed by atoms with Crippen LogP contribution < -0.4 is 5.32 Å². The Balaban J connectivity index is 2.11. The molecule has 19 heavy (non-hydrogen) atoms. The largest absolute Gasteiger partial charge is 0.351 e. The third kappa shape index (κ3) is 1.95. The molecule has 0 aliphatic carbocycles. The molecule has 0 amide bonds. The number of rotatable bonds is 2. The van der Waals surface area contributed by atoms with E-state index in [0.29, 0.717) is 0 Å². The fourth-order valence-corrected chi connectivity index (χ4v) is 2.29. The summed E-state index contributed by atoms with van der Waals surface area (Å²) in [5.74, 6) is 0. The van der Waals surface area contributed by atoms with Crippen molar-refractivity contribution in [1.82, 2.24) is 14.8 Å². The van der Waals surface area contributed by atoms with E-state index >= 15 is 0 Å². The van der Waals surface area contributed by atoms with Crippen LogP contribution in [-0.4, -0.2) is 14.8 Å². The lowest BCUT2D eigenvalue weighted by molar-refractivity contribution is 0.731. The van der Waals surface area contributed by atoms with Crippen LogP contribution >= 0.6 is 0 Å². The standard InChI is InChI=1S/C15H16N4/c1-10-14(11(2)19(3)18-10)17-13-8-4-6-12-7-5-9-16-15(12)13/h4-9,17H,1-3H3. The Morgan fingerprint density at radius 2 is 1.89 bits per heavy atom. The minimum Gasteiger partial charge on any atom is -0.351 e. The van der Waals surface area contributed by atoms with Gasteiger partial charge in [0.15, 0.2) is 0 Å². The Kier molecular flexibility index (Phi) is 2.71. The Morgan fingerprint density at radius 1 is 1.11 bits per heavy atom. The van der Waals surface area contributed by atoms with Crippen molar-refractivity contribution in [3.8, 4) is 0 Å². The Bertz CT molecular complexity index is 738. The average Bonchev–Trinajstić information content (AvgIpc) is 2.66. The molecule has 0 saturated carbocycles. The molecular weight excluding hydrogens is 236 g/mol. The molecule has 1 N–H and O–H groups in total. The summed E-state index contributed by atoms with van der Waals surface area (Å²) in [5.41, 5.74) is 5.16. The van der Waals surface area contributed by atoms with Crippen LogP contribution in [0.1, 0.15) is 11.4 Å². The first-order chi connectivity index (χ1) is 9.16. The summed E-state index contributed by atoms with van der Waals surface area (Å²) in [5, 5.41) is 9.01. The second-order valence-corrected chi connectivity index (χ2v) is 4.68. The molecule has 0 aliphatic rings. The van der Waals surface area contributed by atoms with Crippen molar-refractivity contribution < 1.29 is 0 Å². The number of aromatic nitrogens is 3. The van der Waals surface area contributed by atoms with Gasteiger partial charge in [-0.1, -0.05) is 18.2 Å². The van der Waals surface area contributed by atoms with Crippen molar-refractivity contribution in [1.29, 1.82) is 0 Å². The maximum Gasteiger partial charge on any atom is 0.0936 e. The van der Waals surface area contributed by atoms with Crippen molar-refractivity contribution in [2.24, 2.45) is 7.05 Å². The number of hydrogen-bond acceptors (Lipinski definition) is 3. The van der Waals surface area contributed by atoms with Gasteiger partial charge in [-0.2, -0.15) is 5.10 Å². The lowest BCUT2D eigenvalue weighted by Crippen LogP contribution is -1.96. The van der Waals surface area contributed by atoms with Crippen LogP contribution in [0.4, 0.5) is 11.4 Å². The highest BCUT2D eigenvalue weighted by Crippen LogP contribution is 2.27. The summed E-state index contributed by atoms with van der Waals surface area (Å²) < 4.78 is 1.89. The summed E-state index contributed by atoms with van der Waals surface area (Å²) in [7, 11) is 1.95. The highest BCUT2D eigenvalue weighted by Gasteiger charge is 2.10. The molecule has 2 heterocycles. The van der Waals surface area contributed by atoms with Crippen molar-refractivity contribution in [3.05, 3.63) is 47.9 Å². The molecule has 0 radical (unpaired) electrons. The molecule has 0 unspecified atom stereocenters. The van der Waals surface area contributed by atoms with Gasteiger partial charge in [-0.15, -0.1) is 0 Å². The molecule has 4 nitrogen and oxygen atoms in total. The van der Waals surface area contributed by atoms with Crippen LogP contribution in [0.3, 0.4) is 0 Å². The monoisotopic (exact) mass is 252 g/mol. The summed E-state index contributed by atoms with van der Waals surface area (Å²) in [6.07, 6.45) is 1.82. The zero-order valence-corrected chi connectivity index (χ0v) is 11.3. The van der Waals surface area contributed by atoms with Gasteiger partial charge < -0.3 is 5.32 Å². The van der Waals surface area contributed by atoms with E-state index < -0.39 is 0 Å². The van der Waals surface area contributed by atoms with Crippen LogP contribution in [0.15, 0.2) is 36.5 Å². The van der Waals surface area contributed by atoms with Gasteiger partial charge in [-0.25, -0.2) is 0 Å². The van der Waals surface area contributed by atoms with Gasteiger partial charge in [0.1, 0.15) is 0 Å². The van der Waals surface area contributed by atoms with Crippen molar-refractivity contribution >= 4 is 22.3 Å². The van der Waals surface area contributed by atoms with E-state index in [1.54, 1.807) is 0 Å². The second-order valence-electron chi connectivity index (χ2n) is 4.68. The number of fused-ring (bicyclic) bond motifs is 1. The molecule has 0 fully saturated rings. The van der Waals surface area contributed by atoms with Gasteiger partial charge >= 0.3 is 0 Å². The van der Waals surface area contributed by atoms with Crippen LogP contribution in [0, 0.1) is 13.8 Å². The fourth-order valence-electron chi connectivity index (χ4n) is 2.29. The number of para-hydroxylation sites is 1. The molecule has 0 atom stereocenters. The number of benzene rings is 1. The third-order valence-electron chi connectivity index (χ3n) is 3.40. The van der Waals surface area contributed by atoms with E-state index in [2.05, 4.69) is 34.5 Å². The molecule has 1 aromatic carbocycles. The van der Waals surface area contributed by atoms with Gasteiger partial charge in [-0.05, 0) is 26.0 Å². The van der Waals surface area contributed by atoms with Gasteiger partial charge in [0.25, 0.3) is 0 Å². The summed E-state index contributed by atoms with van der Waals surface area (Å²) in [6, 6.07) is 10.2. The summed E-state index contributed by atoms with van der Waals surface area (Å²) >= 11 is 0. The van der Waals surface area contributed by atoms with E-state index in [1.165, 1.54) is 0 Å². The van der Waals surface area contributed by atoms with Crippen LogP contribution in [0.2, 0.25) is 0 Å². The molecule has 0 bridgehead atoms. The Hall–Kier alpha value is -2.36. The summed E-state index contributed by atoms with van der Waals surface area (Å²) in [4.78, 5) is 4.45. The highest BCUT2D eigenvalue weighted by atomic mass is 15.3. The molecule has 0 saturated heterocycles. The first-order valence-corrected chi connectivity index (χ1v) is 6.28. The normalized spacial score (nSPS) is 10.9. The quantitative estimate of drug-likeness (QED) is 0.760. The number of hydrogen-bond donors (Lipinski definition) is 1. The molecular formula is C15H16N4. The maximum atomic E-state index is 4.45. The first kappa shape index (κ1) is 11.7. The zero-order chi connectivity index (χ0) is 13.4. The van der Waals surface area contributed by atoms with Crippen LogP contribution in [0.5, 0.6) is 0 Å². The van der Waals surface area contributed by atoms with Gasteiger partial charge in [0, 0.05) is 18.6 Å². The number of nitrogens with one attached hydrogen (secondary N) is 1. The van der Waals surface area contributed by atoms with E-state index in [1.807, 2.05) is 43.0 Å². The SMILES string of the molecule is Cc1nn(C)c(C)c1Nc1cccc2cccnc12. The lowest BCUT2D eigenvalue weighted by atomic mass is 10.2. The smallest absolute Gasteiger partial charge is 0.0936 e. The topological polar surface area (TPSA) is 42.7 Å². The van der Waals surface area contributed by atoms with Crippen molar-refractivity contribution in [3.63, 3.8) is 0 Å². The van der Waals surface area contributed by atoms with Gasteiger partial charge in [0.05, 0.1) is 28.3 Å². The number of aryl methyl sites for hydroxylation is 2. The summed E-state index contributed by atoms with van der Waals surface area (Å²) in [6.45, 7) is 4.06. The van der Waals surface area contributed by atoms with Crippen molar-refractivity contribution in [2.75, 3.05) is 5.32 Å². The Morgan fingerprint density at radius 3 is 2.63 bits per heavy atom. The minimum absolute atomic E-state index is 0.979.